The summed E-state index contributed by atoms with van der Waals surface area (Å²) in [5.74, 6) is -1.15. The number of aromatic nitrogens is 2. The third-order valence-corrected chi connectivity index (χ3v) is 6.05. The van der Waals surface area contributed by atoms with Gasteiger partial charge in [-0.1, -0.05) is 24.3 Å². The van der Waals surface area contributed by atoms with Gasteiger partial charge in [0.15, 0.2) is 0 Å². The standard InChI is InChI=1S/C26H16N2O6/c29-14-6-4-13(5-7-14)17-12-33-26-22-16(15-2-1-3-18-24(15)28-9-8-27-18)10-21(31)34-20(22)11-19(30)23(26)25(17)32/h1-9,11-12,16,29-30H,10H2. The van der Waals surface area contributed by atoms with E-state index in [-0.39, 0.29) is 40.2 Å². The molecule has 0 aliphatic carbocycles. The van der Waals surface area contributed by atoms with Crippen molar-refractivity contribution in [1.82, 2.24) is 9.97 Å². The summed E-state index contributed by atoms with van der Waals surface area (Å²) >= 11 is 0. The Morgan fingerprint density at radius 1 is 0.971 bits per heavy atom. The fourth-order valence-electron chi connectivity index (χ4n) is 4.53. The van der Waals surface area contributed by atoms with Crippen molar-refractivity contribution in [2.75, 3.05) is 0 Å². The van der Waals surface area contributed by atoms with Gasteiger partial charge in [0.1, 0.15) is 34.5 Å². The van der Waals surface area contributed by atoms with Crippen LogP contribution in [-0.2, 0) is 4.79 Å². The average Bonchev–Trinajstić information content (AvgIpc) is 2.84. The van der Waals surface area contributed by atoms with Gasteiger partial charge in [-0.25, -0.2) is 0 Å². The van der Waals surface area contributed by atoms with Crippen molar-refractivity contribution in [3.8, 4) is 28.4 Å². The Kier molecular flexibility index (Phi) is 4.35. The summed E-state index contributed by atoms with van der Waals surface area (Å²) in [6.45, 7) is 0. The van der Waals surface area contributed by atoms with Crippen molar-refractivity contribution in [3.05, 3.63) is 88.5 Å². The third-order valence-electron chi connectivity index (χ3n) is 6.05. The molecule has 8 heteroatoms. The molecular weight excluding hydrogens is 436 g/mol. The number of carbonyl (C=O) groups is 1. The second-order valence-corrected chi connectivity index (χ2v) is 8.04. The van der Waals surface area contributed by atoms with E-state index in [1.165, 1.54) is 24.5 Å². The number of hydrogen-bond donors (Lipinski definition) is 2. The number of benzene rings is 3. The second kappa shape index (κ2) is 7.41. The van der Waals surface area contributed by atoms with Crippen LogP contribution in [0.3, 0.4) is 0 Å². The lowest BCUT2D eigenvalue weighted by atomic mass is 9.84. The minimum Gasteiger partial charge on any atom is -0.508 e. The topological polar surface area (TPSA) is 123 Å². The number of ether oxygens (including phenoxy) is 1. The molecule has 0 saturated heterocycles. The Bertz CT molecular complexity index is 1670. The molecule has 1 atom stereocenters. The SMILES string of the molecule is O=C1CC(c2cccc3nccnc23)c2c(cc(O)c3c(=O)c(-c4ccc(O)cc4)coc23)O1. The van der Waals surface area contributed by atoms with Gasteiger partial charge < -0.3 is 19.4 Å². The number of para-hydroxylation sites is 1. The first kappa shape index (κ1) is 19.9. The first-order chi connectivity index (χ1) is 16.5. The highest BCUT2D eigenvalue weighted by molar-refractivity contribution is 5.95. The molecule has 166 valence electrons. The van der Waals surface area contributed by atoms with Gasteiger partial charge in [-0.2, -0.15) is 0 Å². The summed E-state index contributed by atoms with van der Waals surface area (Å²) in [5.41, 5.74) is 2.96. The molecule has 0 spiro atoms. The summed E-state index contributed by atoms with van der Waals surface area (Å²) in [4.78, 5) is 34.7. The molecule has 1 unspecified atom stereocenters. The van der Waals surface area contributed by atoms with Crippen LogP contribution in [0.1, 0.15) is 23.5 Å². The number of esters is 1. The van der Waals surface area contributed by atoms with Gasteiger partial charge in [-0.15, -0.1) is 0 Å². The Hall–Kier alpha value is -4.72. The average molecular weight is 452 g/mol. The van der Waals surface area contributed by atoms with Crippen LogP contribution in [-0.4, -0.2) is 26.2 Å². The molecule has 1 aliphatic heterocycles. The number of hydrogen-bond acceptors (Lipinski definition) is 8. The number of nitrogens with zero attached hydrogens (tertiary/aromatic N) is 2. The number of carbonyl (C=O) groups excluding carboxylic acids is 1. The highest BCUT2D eigenvalue weighted by Gasteiger charge is 2.34. The van der Waals surface area contributed by atoms with E-state index in [2.05, 4.69) is 9.97 Å². The number of rotatable bonds is 2. The Morgan fingerprint density at radius 3 is 2.59 bits per heavy atom. The van der Waals surface area contributed by atoms with Gasteiger partial charge in [-0.3, -0.25) is 19.6 Å². The predicted octanol–water partition coefficient (Wildman–Crippen LogP) is 4.26. The first-order valence-electron chi connectivity index (χ1n) is 10.5. The largest absolute Gasteiger partial charge is 0.508 e. The van der Waals surface area contributed by atoms with Gasteiger partial charge in [0.05, 0.1) is 23.0 Å². The molecule has 0 amide bonds. The van der Waals surface area contributed by atoms with E-state index in [9.17, 15) is 19.8 Å². The fraction of sp³-hybridized carbons (Fsp3) is 0.0769. The zero-order chi connectivity index (χ0) is 23.4. The molecule has 2 aromatic heterocycles. The van der Waals surface area contributed by atoms with Gasteiger partial charge in [0.2, 0.25) is 5.43 Å². The molecule has 6 rings (SSSR count). The third kappa shape index (κ3) is 3.00. The Morgan fingerprint density at radius 2 is 1.76 bits per heavy atom. The Balaban J connectivity index is 1.64. The lowest BCUT2D eigenvalue weighted by Gasteiger charge is -2.26. The molecule has 0 fully saturated rings. The minimum absolute atomic E-state index is 0.00594. The van der Waals surface area contributed by atoms with Gasteiger partial charge in [0.25, 0.3) is 0 Å². The zero-order valence-electron chi connectivity index (χ0n) is 17.6. The van der Waals surface area contributed by atoms with E-state index in [1.807, 2.05) is 18.2 Å². The lowest BCUT2D eigenvalue weighted by molar-refractivity contribution is -0.135. The van der Waals surface area contributed by atoms with Crippen LogP contribution < -0.4 is 10.2 Å². The van der Waals surface area contributed by atoms with Crippen molar-refractivity contribution in [2.45, 2.75) is 12.3 Å². The summed E-state index contributed by atoms with van der Waals surface area (Å²) in [6, 6.07) is 12.9. The fourth-order valence-corrected chi connectivity index (χ4v) is 4.53. The molecule has 2 N–H and O–H groups in total. The molecule has 0 radical (unpaired) electrons. The van der Waals surface area contributed by atoms with E-state index in [4.69, 9.17) is 9.15 Å². The van der Waals surface area contributed by atoms with Crippen LogP contribution in [0.2, 0.25) is 0 Å². The van der Waals surface area contributed by atoms with Crippen molar-refractivity contribution in [1.29, 1.82) is 0 Å². The summed E-state index contributed by atoms with van der Waals surface area (Å²) in [5, 5.41) is 20.3. The maximum absolute atomic E-state index is 13.4. The van der Waals surface area contributed by atoms with Crippen LogP contribution in [0.15, 0.2) is 76.4 Å². The van der Waals surface area contributed by atoms with E-state index in [0.29, 0.717) is 22.2 Å². The monoisotopic (exact) mass is 452 g/mol. The highest BCUT2D eigenvalue weighted by Crippen LogP contribution is 2.46. The first-order valence-corrected chi connectivity index (χ1v) is 10.5. The molecule has 8 nitrogen and oxygen atoms in total. The number of aromatic hydroxyl groups is 2. The van der Waals surface area contributed by atoms with Gasteiger partial charge >= 0.3 is 5.97 Å². The van der Waals surface area contributed by atoms with E-state index < -0.39 is 17.3 Å². The van der Waals surface area contributed by atoms with Gasteiger partial charge in [0, 0.05) is 29.9 Å². The summed E-state index contributed by atoms with van der Waals surface area (Å²) in [6.07, 6.45) is 4.48. The molecular formula is C26H16N2O6. The van der Waals surface area contributed by atoms with E-state index in [1.54, 1.807) is 24.5 Å². The number of fused-ring (bicyclic) bond motifs is 4. The summed E-state index contributed by atoms with van der Waals surface area (Å²) in [7, 11) is 0. The molecule has 5 aromatic rings. The summed E-state index contributed by atoms with van der Waals surface area (Å²) < 4.78 is 11.4. The minimum atomic E-state index is -0.526. The van der Waals surface area contributed by atoms with Crippen LogP contribution in [0.25, 0.3) is 33.1 Å². The van der Waals surface area contributed by atoms with Crippen LogP contribution in [0.4, 0.5) is 0 Å². The zero-order valence-corrected chi connectivity index (χ0v) is 17.6. The van der Waals surface area contributed by atoms with Crippen LogP contribution >= 0.6 is 0 Å². The van der Waals surface area contributed by atoms with Crippen molar-refractivity contribution >= 4 is 28.0 Å². The predicted molar refractivity (Wildman–Crippen MR) is 123 cm³/mol. The van der Waals surface area contributed by atoms with E-state index in [0.717, 1.165) is 5.56 Å². The molecule has 3 heterocycles. The highest BCUT2D eigenvalue weighted by atomic mass is 16.5. The molecule has 0 saturated carbocycles. The van der Waals surface area contributed by atoms with Crippen LogP contribution in [0, 0.1) is 0 Å². The Labute approximate surface area is 191 Å². The normalized spacial score (nSPS) is 15.3. The second-order valence-electron chi connectivity index (χ2n) is 8.04. The van der Waals surface area contributed by atoms with Crippen molar-refractivity contribution in [3.63, 3.8) is 0 Å². The quantitative estimate of drug-likeness (QED) is 0.301. The molecule has 1 aliphatic rings. The lowest BCUT2D eigenvalue weighted by Crippen LogP contribution is -2.22. The van der Waals surface area contributed by atoms with Crippen LogP contribution in [0.5, 0.6) is 17.2 Å². The van der Waals surface area contributed by atoms with Crippen molar-refractivity contribution in [2.24, 2.45) is 0 Å². The maximum Gasteiger partial charge on any atom is 0.312 e. The molecule has 0 bridgehead atoms. The smallest absolute Gasteiger partial charge is 0.312 e. The van der Waals surface area contributed by atoms with Crippen molar-refractivity contribution < 1.29 is 24.2 Å². The number of phenolic OH excluding ortho intramolecular Hbond substituents is 2. The molecule has 34 heavy (non-hydrogen) atoms. The molecule has 3 aromatic carbocycles. The van der Waals surface area contributed by atoms with Gasteiger partial charge in [-0.05, 0) is 29.3 Å². The van der Waals surface area contributed by atoms with E-state index >= 15 is 0 Å². The maximum atomic E-state index is 13.4. The number of phenols is 2.